The molecule has 0 radical (unpaired) electrons. The maximum absolute atomic E-state index is 12.9. The third-order valence-electron chi connectivity index (χ3n) is 5.28. The first-order valence-corrected chi connectivity index (χ1v) is 11.4. The van der Waals surface area contributed by atoms with Crippen LogP contribution in [0.5, 0.6) is 0 Å². The van der Waals surface area contributed by atoms with Gasteiger partial charge in [0.25, 0.3) is 5.91 Å². The zero-order valence-electron chi connectivity index (χ0n) is 17.0. The Morgan fingerprint density at radius 1 is 1.03 bits per heavy atom. The van der Waals surface area contributed by atoms with Crippen LogP contribution in [0.4, 0.5) is 0 Å². The van der Waals surface area contributed by atoms with E-state index in [2.05, 4.69) is 22.3 Å². The van der Waals surface area contributed by atoms with E-state index in [1.54, 1.807) is 18.2 Å². The summed E-state index contributed by atoms with van der Waals surface area (Å²) in [6, 6.07) is 16.4. The lowest BCUT2D eigenvalue weighted by molar-refractivity contribution is 0.0938. The Morgan fingerprint density at radius 2 is 1.72 bits per heavy atom. The van der Waals surface area contributed by atoms with Gasteiger partial charge in [0.05, 0.1) is 4.90 Å². The average Bonchev–Trinajstić information content (AvgIpc) is 2.73. The van der Waals surface area contributed by atoms with Crippen molar-refractivity contribution < 1.29 is 13.2 Å². The number of aryl methyl sites for hydroxylation is 1. The third kappa shape index (κ3) is 5.65. The quantitative estimate of drug-likeness (QED) is 0.754. The third-order valence-corrected chi connectivity index (χ3v) is 7.18. The van der Waals surface area contributed by atoms with E-state index in [4.69, 9.17) is 0 Å². The molecule has 1 unspecified atom stereocenters. The second-order valence-electron chi connectivity index (χ2n) is 7.63. The normalized spacial score (nSPS) is 17.0. The van der Waals surface area contributed by atoms with E-state index in [1.807, 2.05) is 32.2 Å². The van der Waals surface area contributed by atoms with Crippen LogP contribution in [0.25, 0.3) is 0 Å². The van der Waals surface area contributed by atoms with Crippen molar-refractivity contribution in [3.8, 4) is 0 Å². The number of rotatable bonds is 7. The van der Waals surface area contributed by atoms with E-state index in [0.717, 1.165) is 12.8 Å². The summed E-state index contributed by atoms with van der Waals surface area (Å²) in [7, 11) is -1.61. The van der Waals surface area contributed by atoms with Gasteiger partial charge in [-0.05, 0) is 50.6 Å². The highest BCUT2D eigenvalue weighted by Crippen LogP contribution is 2.19. The molecule has 1 N–H and O–H groups in total. The van der Waals surface area contributed by atoms with Crippen molar-refractivity contribution in [2.24, 2.45) is 0 Å². The Labute approximate surface area is 173 Å². The summed E-state index contributed by atoms with van der Waals surface area (Å²) < 4.78 is 27.3. The number of benzene rings is 2. The van der Waals surface area contributed by atoms with Crippen molar-refractivity contribution in [1.29, 1.82) is 0 Å². The molecule has 3 rings (SSSR count). The zero-order chi connectivity index (χ0) is 20.9. The lowest BCUT2D eigenvalue weighted by Gasteiger charge is -2.31. The van der Waals surface area contributed by atoms with Crippen molar-refractivity contribution in [3.63, 3.8) is 0 Å². The van der Waals surface area contributed by atoms with E-state index >= 15 is 0 Å². The van der Waals surface area contributed by atoms with Gasteiger partial charge in [0.1, 0.15) is 0 Å². The Kier molecular flexibility index (Phi) is 7.05. The molecule has 156 valence electrons. The lowest BCUT2D eigenvalue weighted by Crippen LogP contribution is -2.47. The van der Waals surface area contributed by atoms with Crippen molar-refractivity contribution >= 4 is 15.9 Å². The van der Waals surface area contributed by atoms with E-state index in [-0.39, 0.29) is 16.8 Å². The molecule has 6 nitrogen and oxygen atoms in total. The van der Waals surface area contributed by atoms with Gasteiger partial charge >= 0.3 is 0 Å². The van der Waals surface area contributed by atoms with E-state index in [1.165, 1.54) is 15.9 Å². The first-order valence-electron chi connectivity index (χ1n) is 10.00. The molecule has 2 aromatic carbocycles. The summed E-state index contributed by atoms with van der Waals surface area (Å²) in [5, 5.41) is 2.98. The molecular weight excluding hydrogens is 386 g/mol. The molecule has 0 spiro atoms. The van der Waals surface area contributed by atoms with Gasteiger partial charge in [-0.15, -0.1) is 0 Å². The van der Waals surface area contributed by atoms with Gasteiger partial charge in [0.2, 0.25) is 10.0 Å². The molecule has 2 aromatic rings. The molecule has 1 atom stereocenters. The number of sulfonamides is 1. The second kappa shape index (κ2) is 9.52. The molecule has 1 fully saturated rings. The summed E-state index contributed by atoms with van der Waals surface area (Å²) >= 11 is 0. The van der Waals surface area contributed by atoms with Gasteiger partial charge in [-0.2, -0.15) is 4.31 Å². The van der Waals surface area contributed by atoms with Crippen molar-refractivity contribution in [2.45, 2.75) is 30.7 Å². The first kappa shape index (κ1) is 21.5. The van der Waals surface area contributed by atoms with Crippen LogP contribution in [0.3, 0.4) is 0 Å². The molecule has 1 saturated heterocycles. The number of amides is 1. The summed E-state index contributed by atoms with van der Waals surface area (Å²) in [6.07, 6.45) is 1.69. The molecule has 1 aliphatic rings. The number of carbonyl (C=O) groups is 1. The van der Waals surface area contributed by atoms with Crippen LogP contribution < -0.4 is 5.32 Å². The fourth-order valence-corrected chi connectivity index (χ4v) is 4.85. The Morgan fingerprint density at radius 3 is 2.41 bits per heavy atom. The zero-order valence-corrected chi connectivity index (χ0v) is 17.9. The standard InChI is InChI=1S/C22H29N3O3S/c1-18(11-12-19-7-4-3-5-8-19)23-22(26)20-9-6-10-21(17-20)29(27,28)25-15-13-24(2)14-16-25/h3-10,17-18H,11-16H2,1-2H3,(H,23,26). The van der Waals surface area contributed by atoms with Crippen molar-refractivity contribution in [2.75, 3.05) is 33.2 Å². The van der Waals surface area contributed by atoms with Gasteiger partial charge in [0, 0.05) is 37.8 Å². The number of likely N-dealkylation sites (N-methyl/N-ethyl adjacent to an activating group) is 1. The molecule has 1 heterocycles. The van der Waals surface area contributed by atoms with Crippen molar-refractivity contribution in [3.05, 3.63) is 65.7 Å². The molecule has 0 aromatic heterocycles. The maximum Gasteiger partial charge on any atom is 0.251 e. The maximum atomic E-state index is 12.9. The van der Waals surface area contributed by atoms with Crippen LogP contribution in [0.15, 0.2) is 59.5 Å². The second-order valence-corrected chi connectivity index (χ2v) is 9.57. The highest BCUT2D eigenvalue weighted by atomic mass is 32.2. The van der Waals surface area contributed by atoms with Gasteiger partial charge in [0.15, 0.2) is 0 Å². The fraction of sp³-hybridized carbons (Fsp3) is 0.409. The van der Waals surface area contributed by atoms with Gasteiger partial charge in [-0.1, -0.05) is 36.4 Å². The van der Waals surface area contributed by atoms with E-state index < -0.39 is 10.0 Å². The number of piperazine rings is 1. The Bertz CT molecular complexity index is 923. The van der Waals surface area contributed by atoms with E-state index in [9.17, 15) is 13.2 Å². The molecule has 29 heavy (non-hydrogen) atoms. The SMILES string of the molecule is CC(CCc1ccccc1)NC(=O)c1cccc(S(=O)(=O)N2CCN(C)CC2)c1. The molecular formula is C22H29N3O3S. The lowest BCUT2D eigenvalue weighted by atomic mass is 10.1. The highest BCUT2D eigenvalue weighted by Gasteiger charge is 2.28. The Balaban J connectivity index is 1.63. The van der Waals surface area contributed by atoms with Crippen molar-refractivity contribution in [1.82, 2.24) is 14.5 Å². The topological polar surface area (TPSA) is 69.7 Å². The van der Waals surface area contributed by atoms with Crippen LogP contribution >= 0.6 is 0 Å². The number of nitrogens with one attached hydrogen (secondary N) is 1. The average molecular weight is 416 g/mol. The minimum atomic E-state index is -3.59. The largest absolute Gasteiger partial charge is 0.350 e. The smallest absolute Gasteiger partial charge is 0.251 e. The summed E-state index contributed by atoms with van der Waals surface area (Å²) in [6.45, 7) is 4.31. The summed E-state index contributed by atoms with van der Waals surface area (Å²) in [5.41, 5.74) is 1.60. The van der Waals surface area contributed by atoms with Crippen LogP contribution in [0.2, 0.25) is 0 Å². The minimum Gasteiger partial charge on any atom is -0.350 e. The molecule has 1 aliphatic heterocycles. The van der Waals surface area contributed by atoms with Crippen LogP contribution in [0.1, 0.15) is 29.3 Å². The summed E-state index contributed by atoms with van der Waals surface area (Å²) in [4.78, 5) is 14.9. The highest BCUT2D eigenvalue weighted by molar-refractivity contribution is 7.89. The fourth-order valence-electron chi connectivity index (χ4n) is 3.38. The van der Waals surface area contributed by atoms with E-state index in [0.29, 0.717) is 31.7 Å². The van der Waals surface area contributed by atoms with Crippen LogP contribution in [-0.2, 0) is 16.4 Å². The first-order chi connectivity index (χ1) is 13.9. The Hall–Kier alpha value is -2.22. The van der Waals surface area contributed by atoms with Gasteiger partial charge in [-0.25, -0.2) is 8.42 Å². The van der Waals surface area contributed by atoms with Gasteiger partial charge < -0.3 is 10.2 Å². The molecule has 1 amide bonds. The molecule has 7 heteroatoms. The van der Waals surface area contributed by atoms with Crippen LogP contribution in [0, 0.1) is 0 Å². The van der Waals surface area contributed by atoms with Gasteiger partial charge in [-0.3, -0.25) is 4.79 Å². The predicted molar refractivity (Wildman–Crippen MR) is 114 cm³/mol. The molecule has 0 bridgehead atoms. The van der Waals surface area contributed by atoms with Crippen LogP contribution in [-0.4, -0.2) is 62.8 Å². The molecule has 0 saturated carbocycles. The minimum absolute atomic E-state index is 0.0133. The molecule has 0 aliphatic carbocycles. The number of hydrogen-bond donors (Lipinski definition) is 1. The number of nitrogens with zero attached hydrogens (tertiary/aromatic N) is 2. The predicted octanol–water partition coefficient (Wildman–Crippen LogP) is 2.37. The number of carbonyl (C=O) groups excluding carboxylic acids is 1. The number of hydrogen-bond acceptors (Lipinski definition) is 4. The summed E-state index contributed by atoms with van der Waals surface area (Å²) in [5.74, 6) is -0.249. The monoisotopic (exact) mass is 415 g/mol.